The van der Waals surface area contributed by atoms with Gasteiger partial charge in [0, 0.05) is 57.9 Å². The third-order valence-electron chi connectivity index (χ3n) is 6.51. The molecule has 2 aliphatic heterocycles. The minimum atomic E-state index is 0.379. The van der Waals surface area contributed by atoms with Gasteiger partial charge in [-0.15, -0.1) is 0 Å². The normalized spacial score (nSPS) is 22.1. The number of nitrogens with one attached hydrogen (secondary N) is 2. The number of aliphatic imine (C=N–C) groups is 1. The lowest BCUT2D eigenvalue weighted by molar-refractivity contribution is 0.0925. The maximum atomic E-state index is 5.56. The van der Waals surface area contributed by atoms with E-state index >= 15 is 0 Å². The summed E-state index contributed by atoms with van der Waals surface area (Å²) in [5.74, 6) is 2.47. The Hall–Kier alpha value is -1.99. The number of ether oxygens (including phenoxy) is 1. The van der Waals surface area contributed by atoms with Gasteiger partial charge in [-0.05, 0) is 38.4 Å². The topological polar surface area (TPSA) is 55.4 Å². The van der Waals surface area contributed by atoms with E-state index in [2.05, 4.69) is 65.3 Å². The van der Waals surface area contributed by atoms with Gasteiger partial charge in [0.05, 0.1) is 19.3 Å². The van der Waals surface area contributed by atoms with Crippen LogP contribution < -0.4 is 20.3 Å². The molecular formula is C24H42N6O. The zero-order valence-corrected chi connectivity index (χ0v) is 20.1. The second kappa shape index (κ2) is 11.6. The van der Waals surface area contributed by atoms with E-state index < -0.39 is 0 Å². The number of methoxy groups -OCH3 is 1. The lowest BCUT2D eigenvalue weighted by Crippen LogP contribution is -2.52. The van der Waals surface area contributed by atoms with E-state index in [4.69, 9.17) is 9.73 Å². The summed E-state index contributed by atoms with van der Waals surface area (Å²) in [7, 11) is 3.95. The highest BCUT2D eigenvalue weighted by Crippen LogP contribution is 2.30. The van der Waals surface area contributed by atoms with Crippen LogP contribution in [0.4, 0.5) is 5.69 Å². The lowest BCUT2D eigenvalue weighted by atomic mass is 10.0. The average molecular weight is 431 g/mol. The number of nitrogens with zero attached hydrogens (tertiary/aromatic N) is 4. The van der Waals surface area contributed by atoms with Crippen molar-refractivity contribution in [1.29, 1.82) is 0 Å². The maximum absolute atomic E-state index is 5.56. The standard InChI is InChI=1S/C24H42N6O/c1-6-25-24(26-17-22(19(2)3)29-15-13-28(4)14-16-29)27-20-11-12-30(18-20)21-9-7-8-10-23(21)31-5/h7-10,19-20,22H,6,11-18H2,1-5H3,(H2,25,26,27). The number of rotatable bonds is 8. The van der Waals surface area contributed by atoms with E-state index in [1.807, 2.05) is 12.1 Å². The van der Waals surface area contributed by atoms with Gasteiger partial charge in [0.1, 0.15) is 5.75 Å². The highest BCUT2D eigenvalue weighted by atomic mass is 16.5. The van der Waals surface area contributed by atoms with Crippen LogP contribution in [0, 0.1) is 5.92 Å². The van der Waals surface area contributed by atoms with Crippen molar-refractivity contribution in [3.63, 3.8) is 0 Å². The molecule has 2 saturated heterocycles. The van der Waals surface area contributed by atoms with Gasteiger partial charge in [-0.2, -0.15) is 0 Å². The molecule has 0 aromatic heterocycles. The molecule has 3 rings (SSSR count). The molecule has 0 bridgehead atoms. The van der Waals surface area contributed by atoms with Crippen molar-refractivity contribution < 1.29 is 4.74 Å². The Morgan fingerprint density at radius 1 is 1.16 bits per heavy atom. The van der Waals surface area contributed by atoms with Crippen LogP contribution >= 0.6 is 0 Å². The molecule has 2 aliphatic rings. The SMILES string of the molecule is CCNC(=NCC(C(C)C)N1CCN(C)CC1)NC1CCN(c2ccccc2OC)C1. The summed E-state index contributed by atoms with van der Waals surface area (Å²) in [4.78, 5) is 12.5. The third-order valence-corrected chi connectivity index (χ3v) is 6.51. The van der Waals surface area contributed by atoms with Crippen LogP contribution in [-0.4, -0.2) is 94.4 Å². The second-order valence-corrected chi connectivity index (χ2v) is 9.12. The van der Waals surface area contributed by atoms with Crippen LogP contribution in [0.1, 0.15) is 27.2 Å². The molecule has 0 spiro atoms. The van der Waals surface area contributed by atoms with Gasteiger partial charge >= 0.3 is 0 Å². The predicted octanol–water partition coefficient (Wildman–Crippen LogP) is 2.10. The Labute approximate surface area is 188 Å². The first-order valence-electron chi connectivity index (χ1n) is 11.9. The zero-order valence-electron chi connectivity index (χ0n) is 20.1. The third kappa shape index (κ3) is 6.50. The van der Waals surface area contributed by atoms with E-state index in [1.54, 1.807) is 7.11 Å². The molecule has 0 saturated carbocycles. The number of piperazine rings is 1. The second-order valence-electron chi connectivity index (χ2n) is 9.12. The van der Waals surface area contributed by atoms with Gasteiger partial charge in [0.25, 0.3) is 0 Å². The van der Waals surface area contributed by atoms with Gasteiger partial charge in [-0.3, -0.25) is 9.89 Å². The Balaban J connectivity index is 1.60. The van der Waals surface area contributed by atoms with E-state index in [0.29, 0.717) is 18.0 Å². The summed E-state index contributed by atoms with van der Waals surface area (Å²) in [6.07, 6.45) is 1.09. The first-order valence-corrected chi connectivity index (χ1v) is 11.9. The Morgan fingerprint density at radius 3 is 2.58 bits per heavy atom. The van der Waals surface area contributed by atoms with Crippen molar-refractivity contribution in [3.05, 3.63) is 24.3 Å². The fraction of sp³-hybridized carbons (Fsp3) is 0.708. The quantitative estimate of drug-likeness (QED) is 0.487. The van der Waals surface area contributed by atoms with Crippen molar-refractivity contribution in [1.82, 2.24) is 20.4 Å². The first-order chi connectivity index (χ1) is 15.0. The molecule has 174 valence electrons. The molecule has 1 aromatic rings. The molecule has 0 amide bonds. The van der Waals surface area contributed by atoms with Crippen molar-refractivity contribution >= 4 is 11.6 Å². The van der Waals surface area contributed by atoms with Gasteiger partial charge in [-0.25, -0.2) is 0 Å². The molecule has 7 heteroatoms. The molecule has 2 N–H and O–H groups in total. The molecule has 2 fully saturated rings. The summed E-state index contributed by atoms with van der Waals surface area (Å²) < 4.78 is 5.56. The van der Waals surface area contributed by atoms with Gasteiger partial charge in [0.15, 0.2) is 5.96 Å². The monoisotopic (exact) mass is 430 g/mol. The summed E-state index contributed by atoms with van der Waals surface area (Å²) in [6.45, 7) is 15.0. The summed E-state index contributed by atoms with van der Waals surface area (Å²) in [5.41, 5.74) is 1.17. The van der Waals surface area contributed by atoms with Crippen LogP contribution in [0.25, 0.3) is 0 Å². The Kier molecular flexibility index (Phi) is 8.84. The van der Waals surface area contributed by atoms with Crippen molar-refractivity contribution in [2.24, 2.45) is 10.9 Å². The number of benzene rings is 1. The minimum absolute atomic E-state index is 0.379. The number of guanidine groups is 1. The molecule has 7 nitrogen and oxygen atoms in total. The largest absolute Gasteiger partial charge is 0.495 e. The van der Waals surface area contributed by atoms with Crippen LogP contribution in [0.3, 0.4) is 0 Å². The van der Waals surface area contributed by atoms with Crippen LogP contribution in [0.15, 0.2) is 29.3 Å². The van der Waals surface area contributed by atoms with Gasteiger partial charge in [-0.1, -0.05) is 26.0 Å². The minimum Gasteiger partial charge on any atom is -0.495 e. The number of anilines is 1. The predicted molar refractivity (Wildman–Crippen MR) is 130 cm³/mol. The molecule has 0 radical (unpaired) electrons. The number of likely N-dealkylation sites (N-methyl/N-ethyl adjacent to an activating group) is 1. The van der Waals surface area contributed by atoms with E-state index in [-0.39, 0.29) is 0 Å². The highest BCUT2D eigenvalue weighted by Gasteiger charge is 2.27. The number of para-hydroxylation sites is 2. The Bertz CT molecular complexity index is 701. The van der Waals surface area contributed by atoms with E-state index in [1.165, 1.54) is 5.69 Å². The first kappa shape index (κ1) is 23.7. The molecule has 1 aromatic carbocycles. The summed E-state index contributed by atoms with van der Waals surface area (Å²) >= 11 is 0. The van der Waals surface area contributed by atoms with Gasteiger partial charge in [0.2, 0.25) is 0 Å². The summed E-state index contributed by atoms with van der Waals surface area (Å²) in [5, 5.41) is 7.15. The zero-order chi connectivity index (χ0) is 22.2. The Morgan fingerprint density at radius 2 is 1.90 bits per heavy atom. The van der Waals surface area contributed by atoms with Crippen LogP contribution in [0.5, 0.6) is 5.75 Å². The fourth-order valence-corrected chi connectivity index (χ4v) is 4.59. The van der Waals surface area contributed by atoms with Crippen LogP contribution in [-0.2, 0) is 0 Å². The molecule has 2 unspecified atom stereocenters. The van der Waals surface area contributed by atoms with Crippen LogP contribution in [0.2, 0.25) is 0 Å². The highest BCUT2D eigenvalue weighted by molar-refractivity contribution is 5.80. The van der Waals surface area contributed by atoms with Gasteiger partial charge < -0.3 is 25.2 Å². The van der Waals surface area contributed by atoms with E-state index in [0.717, 1.165) is 70.5 Å². The average Bonchev–Trinajstić information content (AvgIpc) is 3.23. The molecule has 2 heterocycles. The molecule has 2 atom stereocenters. The maximum Gasteiger partial charge on any atom is 0.191 e. The molecular weight excluding hydrogens is 388 g/mol. The van der Waals surface area contributed by atoms with Crippen molar-refractivity contribution in [3.8, 4) is 5.75 Å². The van der Waals surface area contributed by atoms with Crippen molar-refractivity contribution in [2.75, 3.05) is 71.4 Å². The van der Waals surface area contributed by atoms with E-state index in [9.17, 15) is 0 Å². The number of hydrogen-bond donors (Lipinski definition) is 2. The molecule has 0 aliphatic carbocycles. The molecule has 31 heavy (non-hydrogen) atoms. The summed E-state index contributed by atoms with van der Waals surface area (Å²) in [6, 6.07) is 9.14. The number of hydrogen-bond acceptors (Lipinski definition) is 5. The fourth-order valence-electron chi connectivity index (χ4n) is 4.59. The lowest BCUT2D eigenvalue weighted by Gasteiger charge is -2.39. The van der Waals surface area contributed by atoms with Crippen molar-refractivity contribution in [2.45, 2.75) is 39.3 Å². The smallest absolute Gasteiger partial charge is 0.191 e.